The summed E-state index contributed by atoms with van der Waals surface area (Å²) in [5.74, 6) is 0. The Bertz CT molecular complexity index is 391. The first-order chi connectivity index (χ1) is 9.12. The Morgan fingerprint density at radius 1 is 1.37 bits per heavy atom. The molecule has 0 spiro atoms. The van der Waals surface area contributed by atoms with Gasteiger partial charge in [-0.2, -0.15) is 0 Å². The van der Waals surface area contributed by atoms with E-state index in [1.54, 1.807) is 4.88 Å². The van der Waals surface area contributed by atoms with Crippen LogP contribution in [-0.2, 0) is 0 Å². The molecule has 0 bridgehead atoms. The Hall–Kier alpha value is -0.380. The van der Waals surface area contributed by atoms with E-state index in [2.05, 4.69) is 49.6 Å². The number of likely N-dealkylation sites (N-methyl/N-ethyl adjacent to an activating group) is 1. The highest BCUT2D eigenvalue weighted by Crippen LogP contribution is 2.45. The summed E-state index contributed by atoms with van der Waals surface area (Å²) in [5.41, 5.74) is 1.76. The first-order valence-corrected chi connectivity index (χ1v) is 8.44. The number of hydrogen-bond acceptors (Lipinski definition) is 3. The summed E-state index contributed by atoms with van der Waals surface area (Å²) in [6.07, 6.45) is 6.57. The van der Waals surface area contributed by atoms with Crippen LogP contribution in [0.4, 0.5) is 0 Å². The van der Waals surface area contributed by atoms with Crippen LogP contribution in [0.15, 0.2) is 11.4 Å². The molecule has 1 aliphatic rings. The van der Waals surface area contributed by atoms with Gasteiger partial charge in [0, 0.05) is 10.4 Å². The van der Waals surface area contributed by atoms with Gasteiger partial charge in [0.15, 0.2) is 0 Å². The van der Waals surface area contributed by atoms with Crippen LogP contribution >= 0.6 is 11.3 Å². The molecular weight excluding hydrogens is 252 g/mol. The molecule has 3 heteroatoms. The summed E-state index contributed by atoms with van der Waals surface area (Å²) in [6.45, 7) is 5.62. The Morgan fingerprint density at radius 3 is 2.53 bits per heavy atom. The van der Waals surface area contributed by atoms with E-state index >= 15 is 0 Å². The van der Waals surface area contributed by atoms with Crippen molar-refractivity contribution in [3.63, 3.8) is 0 Å². The fourth-order valence-corrected chi connectivity index (χ4v) is 4.59. The highest BCUT2D eigenvalue weighted by molar-refractivity contribution is 7.10. The third kappa shape index (κ3) is 2.88. The van der Waals surface area contributed by atoms with Gasteiger partial charge in [-0.15, -0.1) is 11.3 Å². The number of aryl methyl sites for hydroxylation is 1. The van der Waals surface area contributed by atoms with Gasteiger partial charge in [-0.25, -0.2) is 0 Å². The lowest BCUT2D eigenvalue weighted by molar-refractivity contribution is 0.106. The van der Waals surface area contributed by atoms with Crippen molar-refractivity contribution < 1.29 is 0 Å². The minimum absolute atomic E-state index is 0.310. The minimum atomic E-state index is 0.310. The molecule has 1 N–H and O–H groups in total. The van der Waals surface area contributed by atoms with E-state index < -0.39 is 0 Å². The molecule has 1 saturated carbocycles. The number of nitrogens with one attached hydrogen (secondary N) is 1. The predicted octanol–water partition coefficient (Wildman–Crippen LogP) is 3.97. The zero-order valence-electron chi connectivity index (χ0n) is 12.8. The van der Waals surface area contributed by atoms with Gasteiger partial charge in [-0.1, -0.05) is 19.8 Å². The van der Waals surface area contributed by atoms with Gasteiger partial charge < -0.3 is 10.2 Å². The highest BCUT2D eigenvalue weighted by Gasteiger charge is 2.44. The van der Waals surface area contributed by atoms with Crippen molar-refractivity contribution in [2.24, 2.45) is 0 Å². The quantitative estimate of drug-likeness (QED) is 0.848. The van der Waals surface area contributed by atoms with Gasteiger partial charge in [0.1, 0.15) is 0 Å². The van der Waals surface area contributed by atoms with Crippen LogP contribution in [0, 0.1) is 6.92 Å². The summed E-state index contributed by atoms with van der Waals surface area (Å²) < 4.78 is 0. The molecule has 2 nitrogen and oxygen atoms in total. The second-order valence-electron chi connectivity index (χ2n) is 6.06. The Morgan fingerprint density at radius 2 is 2.05 bits per heavy atom. The van der Waals surface area contributed by atoms with Crippen molar-refractivity contribution in [1.29, 1.82) is 0 Å². The highest BCUT2D eigenvalue weighted by atomic mass is 32.1. The molecule has 0 amide bonds. The molecule has 0 aromatic carbocycles. The molecule has 108 valence electrons. The minimum Gasteiger partial charge on any atom is -0.308 e. The third-order valence-electron chi connectivity index (χ3n) is 4.66. The maximum Gasteiger partial charge on any atom is 0.0604 e. The molecule has 0 radical (unpaired) electrons. The third-order valence-corrected chi connectivity index (χ3v) is 5.74. The average molecular weight is 280 g/mol. The smallest absolute Gasteiger partial charge is 0.0604 e. The largest absolute Gasteiger partial charge is 0.308 e. The second-order valence-corrected chi connectivity index (χ2v) is 7.01. The first-order valence-electron chi connectivity index (χ1n) is 7.56. The standard InChI is InChI=1S/C16H28N2S/c1-5-11-17-15(14-13(2)8-12-19-14)16(18(3)4)9-6-7-10-16/h8,12,15,17H,5-7,9-11H2,1-4H3. The Kier molecular flexibility index (Phi) is 5.04. The van der Waals surface area contributed by atoms with Gasteiger partial charge in [0.25, 0.3) is 0 Å². The van der Waals surface area contributed by atoms with Gasteiger partial charge in [0.2, 0.25) is 0 Å². The summed E-state index contributed by atoms with van der Waals surface area (Å²) in [5, 5.41) is 6.09. The maximum absolute atomic E-state index is 3.85. The molecule has 1 fully saturated rings. The molecule has 1 atom stereocenters. The lowest BCUT2D eigenvalue weighted by atomic mass is 9.84. The van der Waals surface area contributed by atoms with Crippen LogP contribution in [0.25, 0.3) is 0 Å². The van der Waals surface area contributed by atoms with Crippen LogP contribution in [0.3, 0.4) is 0 Å². The lowest BCUT2D eigenvalue weighted by Gasteiger charge is -2.43. The first kappa shape index (κ1) is 15.0. The molecule has 1 unspecified atom stereocenters. The van der Waals surface area contributed by atoms with Crippen LogP contribution in [-0.4, -0.2) is 31.1 Å². The Labute approximate surface area is 122 Å². The number of hydrogen-bond donors (Lipinski definition) is 1. The van der Waals surface area contributed by atoms with Crippen molar-refractivity contribution >= 4 is 11.3 Å². The monoisotopic (exact) mass is 280 g/mol. The molecule has 0 aliphatic heterocycles. The van der Waals surface area contributed by atoms with E-state index in [1.165, 1.54) is 37.7 Å². The lowest BCUT2D eigenvalue weighted by Crippen LogP contribution is -2.52. The number of nitrogens with zero attached hydrogens (tertiary/aromatic N) is 1. The van der Waals surface area contributed by atoms with Crippen molar-refractivity contribution in [3.05, 3.63) is 21.9 Å². The van der Waals surface area contributed by atoms with Crippen LogP contribution < -0.4 is 5.32 Å². The molecule has 2 rings (SSSR count). The fourth-order valence-electron chi connectivity index (χ4n) is 3.48. The topological polar surface area (TPSA) is 15.3 Å². The molecule has 0 saturated heterocycles. The van der Waals surface area contributed by atoms with E-state index in [-0.39, 0.29) is 0 Å². The second kappa shape index (κ2) is 6.38. The van der Waals surface area contributed by atoms with Gasteiger partial charge >= 0.3 is 0 Å². The molecular formula is C16H28N2S. The zero-order chi connectivity index (χ0) is 13.9. The van der Waals surface area contributed by atoms with Crippen molar-refractivity contribution in [3.8, 4) is 0 Å². The maximum atomic E-state index is 3.85. The van der Waals surface area contributed by atoms with E-state index in [1.807, 2.05) is 11.3 Å². The van der Waals surface area contributed by atoms with Gasteiger partial charge in [-0.3, -0.25) is 0 Å². The summed E-state index contributed by atoms with van der Waals surface area (Å²) in [7, 11) is 4.52. The Balaban J connectivity index is 2.33. The molecule has 1 aromatic rings. The van der Waals surface area contributed by atoms with E-state index in [0.29, 0.717) is 11.6 Å². The molecule has 19 heavy (non-hydrogen) atoms. The summed E-state index contributed by atoms with van der Waals surface area (Å²) >= 11 is 1.92. The van der Waals surface area contributed by atoms with E-state index in [0.717, 1.165) is 6.54 Å². The van der Waals surface area contributed by atoms with Crippen LogP contribution in [0.5, 0.6) is 0 Å². The zero-order valence-corrected chi connectivity index (χ0v) is 13.6. The summed E-state index contributed by atoms with van der Waals surface area (Å²) in [6, 6.07) is 2.75. The SMILES string of the molecule is CCCNC(c1sccc1C)C1(N(C)C)CCCC1. The van der Waals surface area contributed by atoms with Crippen LogP contribution in [0.2, 0.25) is 0 Å². The number of rotatable bonds is 6. The molecule has 1 aliphatic carbocycles. The van der Waals surface area contributed by atoms with Gasteiger partial charge in [0.05, 0.1) is 6.04 Å². The number of thiophene rings is 1. The van der Waals surface area contributed by atoms with E-state index in [4.69, 9.17) is 0 Å². The van der Waals surface area contributed by atoms with Crippen molar-refractivity contribution in [2.45, 2.75) is 57.5 Å². The fraction of sp³-hybridized carbons (Fsp3) is 0.750. The molecule has 1 heterocycles. The normalized spacial score (nSPS) is 20.1. The average Bonchev–Trinajstić information content (AvgIpc) is 3.01. The van der Waals surface area contributed by atoms with Crippen molar-refractivity contribution in [1.82, 2.24) is 10.2 Å². The van der Waals surface area contributed by atoms with Crippen LogP contribution in [0.1, 0.15) is 55.5 Å². The van der Waals surface area contributed by atoms with Gasteiger partial charge in [-0.05, 0) is 63.8 Å². The predicted molar refractivity (Wildman–Crippen MR) is 85.0 cm³/mol. The summed E-state index contributed by atoms with van der Waals surface area (Å²) in [4.78, 5) is 4.02. The van der Waals surface area contributed by atoms with Crippen molar-refractivity contribution in [2.75, 3.05) is 20.6 Å². The molecule has 1 aromatic heterocycles. The van der Waals surface area contributed by atoms with E-state index in [9.17, 15) is 0 Å².